The Morgan fingerprint density at radius 3 is 2.21 bits per heavy atom. The van der Waals surface area contributed by atoms with Gasteiger partial charge in [-0.25, -0.2) is 0 Å². The van der Waals surface area contributed by atoms with Crippen molar-refractivity contribution in [2.75, 3.05) is 7.11 Å². The second-order valence-corrected chi connectivity index (χ2v) is 2.83. The van der Waals surface area contributed by atoms with E-state index in [2.05, 4.69) is 0 Å². The van der Waals surface area contributed by atoms with E-state index in [9.17, 15) is 9.59 Å². The fourth-order valence-electron chi connectivity index (χ4n) is 1.06. The molecule has 0 N–H and O–H groups in total. The second kappa shape index (κ2) is 4.56. The molecule has 74 valence electrons. The van der Waals surface area contributed by atoms with Crippen LogP contribution in [0.3, 0.4) is 0 Å². The summed E-state index contributed by atoms with van der Waals surface area (Å²) < 4.78 is 4.94. The van der Waals surface area contributed by atoms with E-state index >= 15 is 0 Å². The first-order chi connectivity index (χ1) is 6.69. The molecule has 0 radical (unpaired) electrons. The van der Waals surface area contributed by atoms with Gasteiger partial charge in [0.15, 0.2) is 0 Å². The first kappa shape index (κ1) is 10.4. The maximum absolute atomic E-state index is 11.4. The van der Waals surface area contributed by atoms with Gasteiger partial charge < -0.3 is 4.74 Å². The number of hydrogen-bond donors (Lipinski definition) is 0. The molecule has 3 heteroatoms. The van der Waals surface area contributed by atoms with E-state index in [0.717, 1.165) is 0 Å². The number of carbonyl (C=O) groups excluding carboxylic acids is 2. The Morgan fingerprint density at radius 1 is 1.21 bits per heavy atom. The molecule has 0 aliphatic carbocycles. The minimum absolute atomic E-state index is 0.241. The third-order valence-corrected chi connectivity index (χ3v) is 1.93. The normalized spacial score (nSPS) is 9.57. The van der Waals surface area contributed by atoms with Gasteiger partial charge in [0.2, 0.25) is 11.6 Å². The first-order valence-corrected chi connectivity index (χ1v) is 4.40. The van der Waals surface area contributed by atoms with Crippen molar-refractivity contribution >= 4 is 11.6 Å². The first-order valence-electron chi connectivity index (χ1n) is 4.40. The summed E-state index contributed by atoms with van der Waals surface area (Å²) in [6.07, 6.45) is 0.241. The third kappa shape index (κ3) is 2.19. The summed E-state index contributed by atoms with van der Waals surface area (Å²) in [6.45, 7) is 1.67. The van der Waals surface area contributed by atoms with Gasteiger partial charge >= 0.3 is 0 Å². The van der Waals surface area contributed by atoms with Gasteiger partial charge in [0.1, 0.15) is 5.75 Å². The number of Topliss-reactive ketones (excluding diaryl/α,β-unsaturated/α-hetero) is 2. The number of ether oxygens (including phenoxy) is 1. The smallest absolute Gasteiger partial charge is 0.228 e. The van der Waals surface area contributed by atoms with Crippen LogP contribution in [-0.2, 0) is 4.79 Å². The predicted octanol–water partition coefficient (Wildman–Crippen LogP) is 1.86. The highest BCUT2D eigenvalue weighted by Crippen LogP contribution is 2.12. The van der Waals surface area contributed by atoms with Crippen molar-refractivity contribution in [1.29, 1.82) is 0 Å². The quantitative estimate of drug-likeness (QED) is 0.540. The highest BCUT2D eigenvalue weighted by molar-refractivity contribution is 6.43. The van der Waals surface area contributed by atoms with Crippen LogP contribution in [0.1, 0.15) is 23.7 Å². The third-order valence-electron chi connectivity index (χ3n) is 1.93. The van der Waals surface area contributed by atoms with E-state index in [1.54, 1.807) is 38.3 Å². The molecule has 0 spiro atoms. The number of rotatable bonds is 4. The number of methoxy groups -OCH3 is 1. The highest BCUT2D eigenvalue weighted by Gasteiger charge is 2.13. The molecule has 0 atom stereocenters. The zero-order valence-electron chi connectivity index (χ0n) is 8.24. The molecule has 0 unspecified atom stereocenters. The van der Waals surface area contributed by atoms with Gasteiger partial charge in [-0.05, 0) is 24.3 Å². The lowest BCUT2D eigenvalue weighted by Crippen LogP contribution is -2.12. The van der Waals surface area contributed by atoms with E-state index in [-0.39, 0.29) is 12.2 Å². The SMILES string of the molecule is CCC(=O)C(=O)c1ccc(OC)cc1. The summed E-state index contributed by atoms with van der Waals surface area (Å²) in [5.41, 5.74) is 0.414. The van der Waals surface area contributed by atoms with Crippen molar-refractivity contribution in [3.63, 3.8) is 0 Å². The summed E-state index contributed by atoms with van der Waals surface area (Å²) in [7, 11) is 1.55. The van der Waals surface area contributed by atoms with Crippen LogP contribution in [0.4, 0.5) is 0 Å². The summed E-state index contributed by atoms with van der Waals surface area (Å²) >= 11 is 0. The Bertz CT molecular complexity index is 338. The zero-order valence-corrected chi connectivity index (χ0v) is 8.24. The Morgan fingerprint density at radius 2 is 1.79 bits per heavy atom. The minimum atomic E-state index is -0.435. The molecule has 0 saturated carbocycles. The van der Waals surface area contributed by atoms with E-state index in [4.69, 9.17) is 4.74 Å². The fraction of sp³-hybridized carbons (Fsp3) is 0.273. The van der Waals surface area contributed by atoms with Gasteiger partial charge in [-0.15, -0.1) is 0 Å². The fourth-order valence-corrected chi connectivity index (χ4v) is 1.06. The van der Waals surface area contributed by atoms with Crippen LogP contribution < -0.4 is 4.74 Å². The average Bonchev–Trinajstić information content (AvgIpc) is 2.27. The average molecular weight is 192 g/mol. The molecule has 1 rings (SSSR count). The molecular weight excluding hydrogens is 180 g/mol. The van der Waals surface area contributed by atoms with Crippen molar-refractivity contribution in [2.45, 2.75) is 13.3 Å². The maximum atomic E-state index is 11.4. The molecule has 14 heavy (non-hydrogen) atoms. The molecule has 0 aliphatic heterocycles. The molecule has 0 fully saturated rings. The van der Waals surface area contributed by atoms with Gasteiger partial charge in [-0.2, -0.15) is 0 Å². The summed E-state index contributed by atoms with van der Waals surface area (Å²) in [4.78, 5) is 22.5. The van der Waals surface area contributed by atoms with Crippen molar-refractivity contribution in [1.82, 2.24) is 0 Å². The Labute approximate surface area is 82.7 Å². The minimum Gasteiger partial charge on any atom is -0.497 e. The van der Waals surface area contributed by atoms with Crippen LogP contribution in [0.15, 0.2) is 24.3 Å². The lowest BCUT2D eigenvalue weighted by molar-refractivity contribution is -0.114. The topological polar surface area (TPSA) is 43.4 Å². The van der Waals surface area contributed by atoms with Gasteiger partial charge in [0.05, 0.1) is 7.11 Å². The summed E-state index contributed by atoms with van der Waals surface area (Å²) in [6, 6.07) is 6.51. The van der Waals surface area contributed by atoms with Gasteiger partial charge in [0.25, 0.3) is 0 Å². The van der Waals surface area contributed by atoms with E-state index in [1.807, 2.05) is 0 Å². The maximum Gasteiger partial charge on any atom is 0.228 e. The molecule has 0 saturated heterocycles. The lowest BCUT2D eigenvalue weighted by atomic mass is 10.1. The largest absolute Gasteiger partial charge is 0.497 e. The molecule has 0 heterocycles. The molecule has 0 bridgehead atoms. The van der Waals surface area contributed by atoms with E-state index in [1.165, 1.54) is 0 Å². The molecule has 3 nitrogen and oxygen atoms in total. The summed E-state index contributed by atoms with van der Waals surface area (Å²) in [5.74, 6) is -0.129. The predicted molar refractivity (Wildman–Crippen MR) is 52.6 cm³/mol. The van der Waals surface area contributed by atoms with Crippen molar-refractivity contribution < 1.29 is 14.3 Å². The van der Waals surface area contributed by atoms with E-state index < -0.39 is 5.78 Å². The van der Waals surface area contributed by atoms with Crippen molar-refractivity contribution in [3.8, 4) is 5.75 Å². The van der Waals surface area contributed by atoms with Crippen LogP contribution in [0.5, 0.6) is 5.75 Å². The lowest BCUT2D eigenvalue weighted by Gasteiger charge is -2.00. The van der Waals surface area contributed by atoms with Crippen LogP contribution >= 0.6 is 0 Å². The number of ketones is 2. The molecule has 1 aromatic rings. The van der Waals surface area contributed by atoms with Crippen LogP contribution in [-0.4, -0.2) is 18.7 Å². The Hall–Kier alpha value is -1.64. The Balaban J connectivity index is 2.87. The zero-order chi connectivity index (χ0) is 10.6. The monoisotopic (exact) mass is 192 g/mol. The highest BCUT2D eigenvalue weighted by atomic mass is 16.5. The molecule has 0 aliphatic rings. The van der Waals surface area contributed by atoms with Crippen molar-refractivity contribution in [2.24, 2.45) is 0 Å². The Kier molecular flexibility index (Phi) is 3.40. The molecule has 0 aromatic heterocycles. The molecule has 1 aromatic carbocycles. The van der Waals surface area contributed by atoms with Crippen molar-refractivity contribution in [3.05, 3.63) is 29.8 Å². The number of hydrogen-bond acceptors (Lipinski definition) is 3. The van der Waals surface area contributed by atoms with Gasteiger partial charge in [-0.3, -0.25) is 9.59 Å². The standard InChI is InChI=1S/C11H12O3/c1-3-10(12)11(13)8-4-6-9(14-2)7-5-8/h4-7H,3H2,1-2H3. The number of carbonyl (C=O) groups is 2. The van der Waals surface area contributed by atoms with Crippen LogP contribution in [0, 0.1) is 0 Å². The second-order valence-electron chi connectivity index (χ2n) is 2.83. The molecular formula is C11H12O3. The van der Waals surface area contributed by atoms with E-state index in [0.29, 0.717) is 11.3 Å². The van der Waals surface area contributed by atoms with Gasteiger partial charge in [0, 0.05) is 12.0 Å². The van der Waals surface area contributed by atoms with Crippen LogP contribution in [0.2, 0.25) is 0 Å². The summed E-state index contributed by atoms with van der Waals surface area (Å²) in [5, 5.41) is 0. The number of benzene rings is 1. The van der Waals surface area contributed by atoms with Crippen LogP contribution in [0.25, 0.3) is 0 Å². The van der Waals surface area contributed by atoms with Gasteiger partial charge in [-0.1, -0.05) is 6.92 Å². The molecule has 0 amide bonds.